The summed E-state index contributed by atoms with van der Waals surface area (Å²) < 4.78 is 18.3. The van der Waals surface area contributed by atoms with Crippen molar-refractivity contribution in [2.45, 2.75) is 44.9 Å². The van der Waals surface area contributed by atoms with Gasteiger partial charge < -0.3 is 4.90 Å². The minimum absolute atomic E-state index is 0.195. The van der Waals surface area contributed by atoms with Crippen LogP contribution in [-0.4, -0.2) is 42.8 Å². The Morgan fingerprint density at radius 1 is 1.04 bits per heavy atom. The topological polar surface area (TPSA) is 39.1 Å². The summed E-state index contributed by atoms with van der Waals surface area (Å²) in [5.74, 6) is 0. The van der Waals surface area contributed by atoms with Gasteiger partial charge in [0.25, 0.3) is 7.44 Å². The lowest BCUT2D eigenvalue weighted by Gasteiger charge is -2.35. The van der Waals surface area contributed by atoms with E-state index in [1.54, 1.807) is 4.78 Å². The van der Waals surface area contributed by atoms with Crippen LogP contribution in [0.15, 0.2) is 40.4 Å². The molecule has 0 aliphatic carbocycles. The summed E-state index contributed by atoms with van der Waals surface area (Å²) >= 11 is 0. The van der Waals surface area contributed by atoms with Gasteiger partial charge in [-0.05, 0) is 24.5 Å². The fourth-order valence-electron chi connectivity index (χ4n) is 4.75. The quantitative estimate of drug-likeness (QED) is 0.674. The van der Waals surface area contributed by atoms with Gasteiger partial charge in [-0.3, -0.25) is 4.57 Å². The standard InChI is InChI=1S/C20H29N4OP/c1-20(2)16-11-7-8-12-17(16)22(3)19(20)18-15-21-23(4)26(18,25)24-13-9-5-6-10-14-24/h7-8,11-12,15H,5-6,9-10,13-14H2,1-4H3/b19-18+/t26-/m0/s1. The lowest BCUT2D eigenvalue weighted by molar-refractivity contribution is 0.378. The van der Waals surface area contributed by atoms with Crippen molar-refractivity contribution in [3.05, 3.63) is 40.8 Å². The van der Waals surface area contributed by atoms with Crippen molar-refractivity contribution in [2.24, 2.45) is 5.10 Å². The first-order valence-corrected chi connectivity index (χ1v) is 11.2. The highest BCUT2D eigenvalue weighted by molar-refractivity contribution is 7.65. The molecule has 0 spiro atoms. The largest absolute Gasteiger partial charge is 0.346 e. The Morgan fingerprint density at radius 3 is 2.35 bits per heavy atom. The fourth-order valence-corrected chi connectivity index (χ4v) is 7.66. The maximum atomic E-state index is 14.4. The maximum absolute atomic E-state index is 14.4. The second kappa shape index (κ2) is 6.24. The number of para-hydroxylation sites is 1. The molecule has 0 unspecified atom stereocenters. The zero-order valence-electron chi connectivity index (χ0n) is 16.3. The molecule has 1 aromatic carbocycles. The molecule has 0 amide bonds. The van der Waals surface area contributed by atoms with Crippen LogP contribution in [0.2, 0.25) is 0 Å². The Bertz CT molecular complexity index is 821. The van der Waals surface area contributed by atoms with Gasteiger partial charge in [0.15, 0.2) is 0 Å². The average molecular weight is 372 g/mol. The summed E-state index contributed by atoms with van der Waals surface area (Å²) in [5, 5.41) is 5.41. The van der Waals surface area contributed by atoms with Crippen LogP contribution in [0.1, 0.15) is 45.1 Å². The van der Waals surface area contributed by atoms with Gasteiger partial charge in [0.05, 0.1) is 11.5 Å². The first-order valence-electron chi connectivity index (χ1n) is 9.60. The zero-order valence-corrected chi connectivity index (χ0v) is 17.2. The van der Waals surface area contributed by atoms with Crippen LogP contribution in [0.5, 0.6) is 0 Å². The predicted molar refractivity (Wildman–Crippen MR) is 109 cm³/mol. The van der Waals surface area contributed by atoms with Crippen LogP contribution in [0.3, 0.4) is 0 Å². The molecule has 26 heavy (non-hydrogen) atoms. The highest BCUT2D eigenvalue weighted by Gasteiger charge is 2.49. The Kier molecular flexibility index (Phi) is 4.28. The molecule has 0 radical (unpaired) electrons. The molecule has 3 aliphatic rings. The van der Waals surface area contributed by atoms with Crippen molar-refractivity contribution >= 4 is 19.3 Å². The van der Waals surface area contributed by atoms with E-state index in [-0.39, 0.29) is 5.41 Å². The van der Waals surface area contributed by atoms with Gasteiger partial charge >= 0.3 is 0 Å². The van der Waals surface area contributed by atoms with Gasteiger partial charge in [-0.2, -0.15) is 5.10 Å². The van der Waals surface area contributed by atoms with Crippen molar-refractivity contribution in [2.75, 3.05) is 32.1 Å². The van der Waals surface area contributed by atoms with Crippen molar-refractivity contribution in [1.29, 1.82) is 0 Å². The summed E-state index contributed by atoms with van der Waals surface area (Å²) in [6.07, 6.45) is 6.53. The second-order valence-electron chi connectivity index (χ2n) is 8.08. The molecule has 1 atom stereocenters. The molecule has 3 heterocycles. The Morgan fingerprint density at radius 2 is 1.69 bits per heavy atom. The minimum Gasteiger partial charge on any atom is -0.346 e. The molecular formula is C20H29N4OP. The Balaban J connectivity index is 1.87. The van der Waals surface area contributed by atoms with Crippen LogP contribution in [-0.2, 0) is 9.98 Å². The summed E-state index contributed by atoms with van der Waals surface area (Å²) in [6.45, 7) is 6.24. The van der Waals surface area contributed by atoms with Gasteiger partial charge in [-0.25, -0.2) is 9.45 Å². The van der Waals surface area contributed by atoms with E-state index < -0.39 is 7.44 Å². The first kappa shape index (κ1) is 17.8. The first-order chi connectivity index (χ1) is 12.4. The smallest absolute Gasteiger partial charge is 0.287 e. The number of hydrazone groups is 1. The molecule has 4 rings (SSSR count). The van der Waals surface area contributed by atoms with Crippen molar-refractivity contribution in [3.63, 3.8) is 0 Å². The van der Waals surface area contributed by atoms with Crippen LogP contribution in [0, 0.1) is 0 Å². The van der Waals surface area contributed by atoms with E-state index in [0.29, 0.717) is 0 Å². The van der Waals surface area contributed by atoms with Crippen molar-refractivity contribution in [3.8, 4) is 0 Å². The third-order valence-corrected chi connectivity index (χ3v) is 9.14. The van der Waals surface area contributed by atoms with Crippen molar-refractivity contribution < 1.29 is 4.57 Å². The molecule has 1 aromatic rings. The van der Waals surface area contributed by atoms with E-state index in [9.17, 15) is 4.57 Å². The van der Waals surface area contributed by atoms with E-state index in [1.807, 2.05) is 13.3 Å². The van der Waals surface area contributed by atoms with E-state index in [0.717, 1.165) is 36.9 Å². The number of rotatable bonds is 1. The second-order valence-corrected chi connectivity index (χ2v) is 10.8. The fraction of sp³-hybridized carbons (Fsp3) is 0.550. The minimum atomic E-state index is -2.89. The van der Waals surface area contributed by atoms with E-state index in [1.165, 1.54) is 24.1 Å². The molecule has 3 aliphatic heterocycles. The Hall–Kier alpha value is -1.58. The summed E-state index contributed by atoms with van der Waals surface area (Å²) in [5.41, 5.74) is 3.42. The van der Waals surface area contributed by atoms with Gasteiger partial charge in [0.1, 0.15) is 0 Å². The highest BCUT2D eigenvalue weighted by Crippen LogP contribution is 2.65. The number of benzene rings is 1. The van der Waals surface area contributed by atoms with Crippen LogP contribution >= 0.6 is 7.44 Å². The van der Waals surface area contributed by atoms with Crippen LogP contribution < -0.4 is 4.90 Å². The average Bonchev–Trinajstić information content (AvgIpc) is 2.91. The molecule has 0 aromatic heterocycles. The zero-order chi connectivity index (χ0) is 18.5. The third-order valence-electron chi connectivity index (χ3n) is 6.13. The molecular weight excluding hydrogens is 343 g/mol. The number of anilines is 1. The van der Waals surface area contributed by atoms with E-state index in [4.69, 9.17) is 0 Å². The lowest BCUT2D eigenvalue weighted by atomic mass is 9.84. The van der Waals surface area contributed by atoms with Crippen LogP contribution in [0.25, 0.3) is 0 Å². The number of fused-ring (bicyclic) bond motifs is 1. The van der Waals surface area contributed by atoms with Crippen molar-refractivity contribution in [1.82, 2.24) is 9.45 Å². The molecule has 0 bridgehead atoms. The van der Waals surface area contributed by atoms with Gasteiger partial charge in [0.2, 0.25) is 0 Å². The van der Waals surface area contributed by atoms with Gasteiger partial charge in [-0.1, -0.05) is 44.9 Å². The lowest BCUT2D eigenvalue weighted by Crippen LogP contribution is -2.31. The molecule has 6 heteroatoms. The monoisotopic (exact) mass is 372 g/mol. The summed E-state index contributed by atoms with van der Waals surface area (Å²) in [6, 6.07) is 8.50. The normalized spacial score (nSPS) is 31.4. The number of allylic oxidation sites excluding steroid dienone is 2. The predicted octanol–water partition coefficient (Wildman–Crippen LogP) is 4.63. The third kappa shape index (κ3) is 2.40. The van der Waals surface area contributed by atoms with E-state index in [2.05, 4.69) is 59.8 Å². The molecule has 1 fully saturated rings. The van der Waals surface area contributed by atoms with Crippen LogP contribution in [0.4, 0.5) is 5.69 Å². The number of hydrogen-bond donors (Lipinski definition) is 0. The Labute approximate surface area is 156 Å². The van der Waals surface area contributed by atoms with E-state index >= 15 is 0 Å². The number of hydrogen-bond acceptors (Lipinski definition) is 3. The number of likely N-dealkylation sites (N-methyl/N-ethyl adjacent to an activating group) is 1. The SMILES string of the molecule is CN1/C(=C2\C=NN(C)[P@]2(=O)N2CCCCCC2)C(C)(C)c2ccccc21. The molecule has 140 valence electrons. The molecule has 5 nitrogen and oxygen atoms in total. The van der Waals surface area contributed by atoms with Gasteiger partial charge in [-0.15, -0.1) is 0 Å². The molecule has 0 N–H and O–H groups in total. The highest BCUT2D eigenvalue weighted by atomic mass is 31.2. The maximum Gasteiger partial charge on any atom is 0.287 e. The number of nitrogens with zero attached hydrogens (tertiary/aromatic N) is 4. The summed E-state index contributed by atoms with van der Waals surface area (Å²) in [4.78, 5) is 2.22. The van der Waals surface area contributed by atoms with Gasteiger partial charge in [0, 0.05) is 44.0 Å². The molecule has 1 saturated heterocycles. The summed E-state index contributed by atoms with van der Waals surface area (Å²) in [7, 11) is 1.07. The molecule has 0 saturated carbocycles.